The van der Waals surface area contributed by atoms with E-state index in [1.54, 1.807) is 37.1 Å². The summed E-state index contributed by atoms with van der Waals surface area (Å²) in [4.78, 5) is 32.6. The number of carbonyl (C=O) groups is 1. The number of aromatic nitrogens is 1. The van der Waals surface area contributed by atoms with Crippen LogP contribution in [-0.2, 0) is 11.8 Å². The summed E-state index contributed by atoms with van der Waals surface area (Å²) < 4.78 is 15.4. The van der Waals surface area contributed by atoms with Crippen molar-refractivity contribution in [1.29, 1.82) is 5.26 Å². The Balaban J connectivity index is 1.72. The second-order valence-corrected chi connectivity index (χ2v) is 11.0. The number of pyridine rings is 1. The fourth-order valence-corrected chi connectivity index (χ4v) is 5.83. The van der Waals surface area contributed by atoms with E-state index in [0.717, 1.165) is 5.69 Å². The molecule has 3 heterocycles. The highest BCUT2D eigenvalue weighted by molar-refractivity contribution is 8.26. The molecule has 2 aromatic rings. The average Bonchev–Trinajstić information content (AvgIpc) is 3.11. The Labute approximate surface area is 219 Å². The van der Waals surface area contributed by atoms with Crippen LogP contribution in [0.2, 0.25) is 0 Å². The summed E-state index contributed by atoms with van der Waals surface area (Å²) in [5, 5.41) is 9.69. The molecular weight excluding hydrogens is 497 g/mol. The van der Waals surface area contributed by atoms with E-state index in [1.807, 2.05) is 19.9 Å². The summed E-state index contributed by atoms with van der Waals surface area (Å²) in [7, 11) is 1.66. The number of piperazine rings is 1. The molecule has 1 aromatic heterocycles. The highest BCUT2D eigenvalue weighted by Crippen LogP contribution is 2.36. The number of hydrogen-bond donors (Lipinski definition) is 0. The second kappa shape index (κ2) is 10.4. The zero-order valence-corrected chi connectivity index (χ0v) is 22.4. The molecule has 2 fully saturated rings. The fraction of sp³-hybridized carbons (Fsp3) is 0.385. The number of nitriles is 1. The van der Waals surface area contributed by atoms with E-state index in [1.165, 1.54) is 28.5 Å². The van der Waals surface area contributed by atoms with E-state index >= 15 is 0 Å². The van der Waals surface area contributed by atoms with Gasteiger partial charge in [0.2, 0.25) is 0 Å². The lowest BCUT2D eigenvalue weighted by molar-refractivity contribution is -0.122. The average molecular weight is 526 g/mol. The number of thioether (sulfide) groups is 1. The molecule has 0 aliphatic carbocycles. The Kier molecular flexibility index (Phi) is 7.52. The molecule has 36 heavy (non-hydrogen) atoms. The summed E-state index contributed by atoms with van der Waals surface area (Å²) in [5.74, 6) is 0.509. The number of benzene rings is 1. The molecule has 2 saturated heterocycles. The van der Waals surface area contributed by atoms with Crippen LogP contribution >= 0.6 is 24.0 Å². The van der Waals surface area contributed by atoms with Gasteiger partial charge in [0.15, 0.2) is 0 Å². The van der Waals surface area contributed by atoms with E-state index in [9.17, 15) is 19.2 Å². The van der Waals surface area contributed by atoms with Crippen molar-refractivity contribution < 1.29 is 9.18 Å². The molecule has 7 nitrogen and oxygen atoms in total. The van der Waals surface area contributed by atoms with Gasteiger partial charge in [-0.25, -0.2) is 4.39 Å². The van der Waals surface area contributed by atoms with Crippen molar-refractivity contribution in [2.45, 2.75) is 20.8 Å². The molecule has 0 bridgehead atoms. The maximum Gasteiger partial charge on any atom is 0.270 e. The third kappa shape index (κ3) is 4.90. The topological polar surface area (TPSA) is 72.6 Å². The third-order valence-electron chi connectivity index (χ3n) is 6.44. The van der Waals surface area contributed by atoms with Gasteiger partial charge in [0, 0.05) is 51.0 Å². The molecule has 1 aromatic carbocycles. The van der Waals surface area contributed by atoms with Crippen LogP contribution in [0.3, 0.4) is 0 Å². The summed E-state index contributed by atoms with van der Waals surface area (Å²) in [6.45, 7) is 8.93. The normalized spacial score (nSPS) is 17.5. The molecule has 2 aliphatic heterocycles. The molecule has 0 unspecified atom stereocenters. The van der Waals surface area contributed by atoms with Gasteiger partial charge in [-0.15, -0.1) is 0 Å². The van der Waals surface area contributed by atoms with Crippen LogP contribution < -0.4 is 15.4 Å². The predicted octanol–water partition coefficient (Wildman–Crippen LogP) is 3.89. The van der Waals surface area contributed by atoms with Crippen molar-refractivity contribution in [2.75, 3.05) is 42.5 Å². The van der Waals surface area contributed by atoms with Gasteiger partial charge in [0.1, 0.15) is 27.6 Å². The summed E-state index contributed by atoms with van der Waals surface area (Å²) in [6.07, 6.45) is 1.77. The van der Waals surface area contributed by atoms with E-state index in [2.05, 4.69) is 9.80 Å². The Morgan fingerprint density at radius 3 is 2.33 bits per heavy atom. The van der Waals surface area contributed by atoms with Crippen LogP contribution in [0.5, 0.6) is 0 Å². The SMILES string of the molecule is Cc1c(/C=C2\SC(=S)N(CC(C)C)C2=O)c(N2CCN(c3ccc(F)cc3)CC2)n(C)c(=O)c1C#N. The van der Waals surface area contributed by atoms with E-state index < -0.39 is 0 Å². The number of halogens is 1. The van der Waals surface area contributed by atoms with Gasteiger partial charge in [-0.3, -0.25) is 19.1 Å². The zero-order valence-electron chi connectivity index (χ0n) is 20.7. The maximum atomic E-state index is 13.3. The number of carbonyl (C=O) groups excluding carboxylic acids is 1. The highest BCUT2D eigenvalue weighted by Gasteiger charge is 2.33. The smallest absolute Gasteiger partial charge is 0.270 e. The van der Waals surface area contributed by atoms with Crippen molar-refractivity contribution >= 4 is 51.8 Å². The van der Waals surface area contributed by atoms with Crippen molar-refractivity contribution in [3.05, 3.63) is 62.0 Å². The van der Waals surface area contributed by atoms with Gasteiger partial charge in [0.05, 0.1) is 4.91 Å². The molecule has 1 amide bonds. The number of rotatable bonds is 5. The summed E-state index contributed by atoms with van der Waals surface area (Å²) >= 11 is 6.71. The fourth-order valence-electron chi connectivity index (χ4n) is 4.58. The first kappa shape index (κ1) is 25.9. The van der Waals surface area contributed by atoms with Gasteiger partial charge in [0.25, 0.3) is 11.5 Å². The lowest BCUT2D eigenvalue weighted by Crippen LogP contribution is -2.48. The summed E-state index contributed by atoms with van der Waals surface area (Å²) in [5.41, 5.74) is 1.86. The van der Waals surface area contributed by atoms with Crippen LogP contribution in [0, 0.1) is 30.0 Å². The Morgan fingerprint density at radius 1 is 1.14 bits per heavy atom. The molecule has 0 N–H and O–H groups in total. The molecule has 2 aliphatic rings. The minimum Gasteiger partial charge on any atom is -0.368 e. The maximum absolute atomic E-state index is 13.3. The lowest BCUT2D eigenvalue weighted by atomic mass is 10.0. The lowest BCUT2D eigenvalue weighted by Gasteiger charge is -2.38. The Hall–Kier alpha value is -3.16. The number of anilines is 2. The van der Waals surface area contributed by atoms with Gasteiger partial charge >= 0.3 is 0 Å². The third-order valence-corrected chi connectivity index (χ3v) is 7.81. The first-order valence-electron chi connectivity index (χ1n) is 11.8. The zero-order chi connectivity index (χ0) is 26.1. The molecular formula is C26H28FN5O2S2. The predicted molar refractivity (Wildman–Crippen MR) is 147 cm³/mol. The highest BCUT2D eigenvalue weighted by atomic mass is 32.2. The standard InChI is InChI=1S/C26H28FN5O2S2/c1-16(2)15-32-25(34)22(36-26(32)35)13-20-17(3)21(14-28)24(33)29(4)23(20)31-11-9-30(10-12-31)19-7-5-18(27)6-8-19/h5-8,13,16H,9-12,15H2,1-4H3/b22-13-. The number of thiocarbonyl (C=S) groups is 1. The number of nitrogens with zero attached hydrogens (tertiary/aromatic N) is 5. The number of amides is 1. The molecule has 0 atom stereocenters. The van der Waals surface area contributed by atoms with Crippen molar-refractivity contribution in [2.24, 2.45) is 13.0 Å². The van der Waals surface area contributed by atoms with Crippen molar-refractivity contribution in [1.82, 2.24) is 9.47 Å². The van der Waals surface area contributed by atoms with Crippen LogP contribution in [0.25, 0.3) is 6.08 Å². The van der Waals surface area contributed by atoms with Crippen LogP contribution in [0.15, 0.2) is 34.0 Å². The minimum absolute atomic E-state index is 0.0649. The van der Waals surface area contributed by atoms with Gasteiger partial charge in [-0.2, -0.15) is 5.26 Å². The second-order valence-electron chi connectivity index (χ2n) is 9.35. The van der Waals surface area contributed by atoms with Crippen molar-refractivity contribution in [3.8, 4) is 6.07 Å². The Bertz CT molecular complexity index is 1340. The molecule has 0 radical (unpaired) electrons. The van der Waals surface area contributed by atoms with E-state index in [0.29, 0.717) is 58.9 Å². The van der Waals surface area contributed by atoms with Crippen LogP contribution in [0.1, 0.15) is 30.5 Å². The molecule has 4 rings (SSSR count). The van der Waals surface area contributed by atoms with Gasteiger partial charge in [-0.05, 0) is 48.7 Å². The largest absolute Gasteiger partial charge is 0.368 e. The van der Waals surface area contributed by atoms with E-state index in [4.69, 9.17) is 12.2 Å². The van der Waals surface area contributed by atoms with Crippen LogP contribution in [0.4, 0.5) is 15.9 Å². The molecule has 188 valence electrons. The molecule has 0 saturated carbocycles. The van der Waals surface area contributed by atoms with Crippen LogP contribution in [-0.4, -0.2) is 52.4 Å². The van der Waals surface area contributed by atoms with E-state index in [-0.39, 0.29) is 28.8 Å². The van der Waals surface area contributed by atoms with Gasteiger partial charge in [-0.1, -0.05) is 37.8 Å². The monoisotopic (exact) mass is 525 g/mol. The first-order valence-corrected chi connectivity index (χ1v) is 13.0. The minimum atomic E-state index is -0.365. The first-order chi connectivity index (χ1) is 17.1. The van der Waals surface area contributed by atoms with Crippen molar-refractivity contribution in [3.63, 3.8) is 0 Å². The molecule has 0 spiro atoms. The van der Waals surface area contributed by atoms with Gasteiger partial charge < -0.3 is 9.80 Å². The molecule has 10 heteroatoms. The Morgan fingerprint density at radius 2 is 1.75 bits per heavy atom. The quantitative estimate of drug-likeness (QED) is 0.433. The number of hydrogen-bond acceptors (Lipinski definition) is 7. The summed E-state index contributed by atoms with van der Waals surface area (Å²) in [6, 6.07) is 8.46.